The number of hydrogen-bond donors (Lipinski definition) is 0. The van der Waals surface area contributed by atoms with E-state index in [0.29, 0.717) is 0 Å². The molecule has 0 amide bonds. The molecule has 1 aliphatic carbocycles. The fraction of sp³-hybridized carbons (Fsp3) is 0.278. The first-order valence-corrected chi connectivity index (χ1v) is 7.85. The van der Waals surface area contributed by atoms with Crippen molar-refractivity contribution in [2.24, 2.45) is 0 Å². The topological polar surface area (TPSA) is 46.8 Å². The summed E-state index contributed by atoms with van der Waals surface area (Å²) in [5, 5.41) is 12.4. The molecule has 1 aromatic heterocycles. The second-order valence-corrected chi connectivity index (χ2v) is 6.19. The van der Waals surface area contributed by atoms with Crippen molar-refractivity contribution < 1.29 is 0 Å². The predicted octanol–water partition coefficient (Wildman–Crippen LogP) is 2.47. The fourth-order valence-electron chi connectivity index (χ4n) is 3.21. The first kappa shape index (κ1) is 14.1. The Bertz CT molecular complexity index is 850. The Labute approximate surface area is 135 Å². The zero-order chi connectivity index (χ0) is 15.8. The van der Waals surface area contributed by atoms with Crippen molar-refractivity contribution in [1.82, 2.24) is 25.1 Å². The molecule has 0 fully saturated rings. The summed E-state index contributed by atoms with van der Waals surface area (Å²) in [5.74, 6) is 0.858. The van der Waals surface area contributed by atoms with Crippen LogP contribution in [-0.2, 0) is 13.0 Å². The normalized spacial score (nSPS) is 12.5. The van der Waals surface area contributed by atoms with Gasteiger partial charge in [0, 0.05) is 12.1 Å². The number of nitrogens with zero attached hydrogens (tertiary/aromatic N) is 5. The number of benzene rings is 2. The molecule has 0 N–H and O–H groups in total. The van der Waals surface area contributed by atoms with E-state index < -0.39 is 0 Å². The lowest BCUT2D eigenvalue weighted by Crippen LogP contribution is -2.19. The molecule has 4 rings (SSSR count). The Balaban J connectivity index is 1.77. The molecule has 5 nitrogen and oxygen atoms in total. The van der Waals surface area contributed by atoms with Crippen LogP contribution >= 0.6 is 0 Å². The van der Waals surface area contributed by atoms with E-state index in [9.17, 15) is 0 Å². The van der Waals surface area contributed by atoms with Gasteiger partial charge in [0.2, 0.25) is 0 Å². The van der Waals surface area contributed by atoms with E-state index in [1.807, 2.05) is 4.68 Å². The lowest BCUT2D eigenvalue weighted by atomic mass is 10.0. The summed E-state index contributed by atoms with van der Waals surface area (Å²) in [4.78, 5) is 2.14. The van der Waals surface area contributed by atoms with Gasteiger partial charge in [-0.15, -0.1) is 5.10 Å². The summed E-state index contributed by atoms with van der Waals surface area (Å²) >= 11 is 0. The van der Waals surface area contributed by atoms with Crippen molar-refractivity contribution in [2.75, 3.05) is 20.6 Å². The maximum atomic E-state index is 4.29. The Hall–Kier alpha value is -2.53. The molecule has 116 valence electrons. The second kappa shape index (κ2) is 5.59. The minimum Gasteiger partial charge on any atom is -0.308 e. The molecule has 5 heteroatoms. The van der Waals surface area contributed by atoms with E-state index in [1.165, 1.54) is 22.3 Å². The van der Waals surface area contributed by atoms with E-state index >= 15 is 0 Å². The Kier molecular flexibility index (Phi) is 3.42. The molecule has 23 heavy (non-hydrogen) atoms. The second-order valence-electron chi connectivity index (χ2n) is 6.19. The van der Waals surface area contributed by atoms with E-state index in [0.717, 1.165) is 30.9 Å². The average Bonchev–Trinajstić information content (AvgIpc) is 3.16. The molecule has 0 aliphatic heterocycles. The summed E-state index contributed by atoms with van der Waals surface area (Å²) in [6.45, 7) is 1.69. The van der Waals surface area contributed by atoms with Crippen molar-refractivity contribution in [1.29, 1.82) is 0 Å². The highest BCUT2D eigenvalue weighted by Gasteiger charge is 2.23. The van der Waals surface area contributed by atoms with Crippen LogP contribution in [0.25, 0.3) is 22.5 Å². The van der Waals surface area contributed by atoms with Crippen LogP contribution in [-0.4, -0.2) is 45.7 Å². The van der Waals surface area contributed by atoms with Crippen LogP contribution in [0.3, 0.4) is 0 Å². The van der Waals surface area contributed by atoms with E-state index in [2.05, 4.69) is 77.0 Å². The zero-order valence-electron chi connectivity index (χ0n) is 13.4. The Morgan fingerprint density at radius 2 is 1.78 bits per heavy atom. The first-order chi connectivity index (χ1) is 11.2. The first-order valence-electron chi connectivity index (χ1n) is 7.85. The van der Waals surface area contributed by atoms with Crippen LogP contribution in [0, 0.1) is 0 Å². The van der Waals surface area contributed by atoms with Crippen LogP contribution in [0.1, 0.15) is 11.1 Å². The minimum absolute atomic E-state index is 0.784. The van der Waals surface area contributed by atoms with Gasteiger partial charge in [-0.05, 0) is 53.2 Å². The highest BCUT2D eigenvalue weighted by Crippen LogP contribution is 2.40. The number of hydrogen-bond acceptors (Lipinski definition) is 4. The van der Waals surface area contributed by atoms with Gasteiger partial charge in [-0.25, -0.2) is 4.68 Å². The van der Waals surface area contributed by atoms with Crippen LogP contribution in [0.5, 0.6) is 0 Å². The van der Waals surface area contributed by atoms with Gasteiger partial charge >= 0.3 is 0 Å². The standard InChI is InChI=1S/C18H19N5/c1-22(2)10-11-23-18(19-20-21-23)16-9-5-8-15-14-7-4-3-6-13(14)12-17(15)16/h3-9H,10-12H2,1-2H3. The molecule has 1 aliphatic rings. The summed E-state index contributed by atoms with van der Waals surface area (Å²) in [6, 6.07) is 15.0. The molecular weight excluding hydrogens is 286 g/mol. The largest absolute Gasteiger partial charge is 0.308 e. The lowest BCUT2D eigenvalue weighted by Gasteiger charge is -2.12. The minimum atomic E-state index is 0.784. The third kappa shape index (κ3) is 2.43. The van der Waals surface area contributed by atoms with Gasteiger partial charge in [0.1, 0.15) is 0 Å². The van der Waals surface area contributed by atoms with Crippen LogP contribution in [0.2, 0.25) is 0 Å². The highest BCUT2D eigenvalue weighted by molar-refractivity contribution is 5.83. The number of aromatic nitrogens is 4. The molecule has 0 unspecified atom stereocenters. The molecule has 0 radical (unpaired) electrons. The predicted molar refractivity (Wildman–Crippen MR) is 90.0 cm³/mol. The van der Waals surface area contributed by atoms with Crippen LogP contribution < -0.4 is 0 Å². The fourth-order valence-corrected chi connectivity index (χ4v) is 3.21. The number of likely N-dealkylation sites (N-methyl/N-ethyl adjacent to an activating group) is 1. The van der Waals surface area contributed by atoms with Crippen molar-refractivity contribution in [3.8, 4) is 22.5 Å². The summed E-state index contributed by atoms with van der Waals surface area (Å²) in [6.07, 6.45) is 0.947. The average molecular weight is 305 g/mol. The van der Waals surface area contributed by atoms with Gasteiger partial charge in [-0.3, -0.25) is 0 Å². The van der Waals surface area contributed by atoms with Crippen molar-refractivity contribution in [3.05, 3.63) is 53.6 Å². The highest BCUT2D eigenvalue weighted by atomic mass is 15.5. The molecule has 0 saturated carbocycles. The van der Waals surface area contributed by atoms with Crippen LogP contribution in [0.15, 0.2) is 42.5 Å². The van der Waals surface area contributed by atoms with Crippen molar-refractivity contribution in [2.45, 2.75) is 13.0 Å². The van der Waals surface area contributed by atoms with Gasteiger partial charge < -0.3 is 4.90 Å². The molecule has 1 heterocycles. The smallest absolute Gasteiger partial charge is 0.182 e. The Morgan fingerprint density at radius 1 is 1.00 bits per heavy atom. The summed E-state index contributed by atoms with van der Waals surface area (Å²) in [5.41, 5.74) is 6.48. The molecule has 0 bridgehead atoms. The maximum Gasteiger partial charge on any atom is 0.182 e. The number of rotatable bonds is 4. The van der Waals surface area contributed by atoms with Crippen LogP contribution in [0.4, 0.5) is 0 Å². The number of tetrazole rings is 1. The third-order valence-electron chi connectivity index (χ3n) is 4.38. The van der Waals surface area contributed by atoms with Gasteiger partial charge in [-0.2, -0.15) is 0 Å². The lowest BCUT2D eigenvalue weighted by molar-refractivity contribution is 0.372. The summed E-state index contributed by atoms with van der Waals surface area (Å²) in [7, 11) is 4.11. The Morgan fingerprint density at radius 3 is 2.65 bits per heavy atom. The van der Waals surface area contributed by atoms with Gasteiger partial charge in [-0.1, -0.05) is 42.5 Å². The monoisotopic (exact) mass is 305 g/mol. The van der Waals surface area contributed by atoms with Crippen molar-refractivity contribution in [3.63, 3.8) is 0 Å². The molecule has 0 spiro atoms. The molecular formula is C18H19N5. The molecule has 3 aromatic rings. The molecule has 0 atom stereocenters. The van der Waals surface area contributed by atoms with Crippen molar-refractivity contribution >= 4 is 0 Å². The van der Waals surface area contributed by atoms with Gasteiger partial charge in [0.05, 0.1) is 6.54 Å². The number of fused-ring (bicyclic) bond motifs is 3. The van der Waals surface area contributed by atoms with Gasteiger partial charge in [0.15, 0.2) is 5.82 Å². The SMILES string of the molecule is CN(C)CCn1nnnc1-c1cccc2c1Cc1ccccc1-2. The van der Waals surface area contributed by atoms with E-state index in [4.69, 9.17) is 0 Å². The molecule has 0 saturated heterocycles. The summed E-state index contributed by atoms with van der Waals surface area (Å²) < 4.78 is 1.90. The third-order valence-corrected chi connectivity index (χ3v) is 4.38. The van der Waals surface area contributed by atoms with Gasteiger partial charge in [0.25, 0.3) is 0 Å². The van der Waals surface area contributed by atoms with E-state index in [1.54, 1.807) is 0 Å². The molecule has 2 aromatic carbocycles. The van der Waals surface area contributed by atoms with E-state index in [-0.39, 0.29) is 0 Å². The zero-order valence-corrected chi connectivity index (χ0v) is 13.4. The quantitative estimate of drug-likeness (QED) is 0.581. The maximum absolute atomic E-state index is 4.29.